The molecule has 0 aromatic carbocycles. The minimum atomic E-state index is -1.15. The van der Waals surface area contributed by atoms with Crippen LogP contribution in [0.25, 0.3) is 22.5 Å². The lowest BCUT2D eigenvalue weighted by molar-refractivity contribution is 0.0899. The number of fused-ring (bicyclic) bond motifs is 1. The summed E-state index contributed by atoms with van der Waals surface area (Å²) in [5, 5.41) is 14.7. The molecule has 0 spiro atoms. The fourth-order valence-electron chi connectivity index (χ4n) is 4.05. The van der Waals surface area contributed by atoms with E-state index in [0.717, 1.165) is 52.9 Å². The molecule has 4 heterocycles. The van der Waals surface area contributed by atoms with E-state index >= 15 is 0 Å². The lowest BCUT2D eigenvalue weighted by atomic mass is 10.0. The lowest BCUT2D eigenvalue weighted by Gasteiger charge is -2.32. The summed E-state index contributed by atoms with van der Waals surface area (Å²) in [5.41, 5.74) is 2.43. The minimum Gasteiger partial charge on any atom is -0.465 e. The van der Waals surface area contributed by atoms with Gasteiger partial charge in [-0.1, -0.05) is 31.4 Å². The smallest absolute Gasteiger partial charge is 0.407 e. The molecule has 1 saturated heterocycles. The number of likely N-dealkylation sites (tertiary alicyclic amines) is 1. The van der Waals surface area contributed by atoms with E-state index in [9.17, 15) is 9.90 Å². The number of anilines is 1. The van der Waals surface area contributed by atoms with Gasteiger partial charge in [0, 0.05) is 51.6 Å². The Bertz CT molecular complexity index is 1140. The fourth-order valence-corrected chi connectivity index (χ4v) is 5.13. The molecule has 0 radical (unpaired) electrons. The molecule has 9 nitrogen and oxygen atoms in total. The summed E-state index contributed by atoms with van der Waals surface area (Å²) in [6.07, 6.45) is 8.22. The van der Waals surface area contributed by atoms with Gasteiger partial charge in [0.05, 0.1) is 17.4 Å². The number of hydrogen-bond acceptors (Lipinski definition) is 7. The van der Waals surface area contributed by atoms with Crippen molar-refractivity contribution in [3.63, 3.8) is 0 Å². The highest BCUT2D eigenvalue weighted by Gasteiger charge is 2.26. The molecule has 34 heavy (non-hydrogen) atoms. The third-order valence-electron chi connectivity index (χ3n) is 5.97. The Kier molecular flexibility index (Phi) is 7.53. The van der Waals surface area contributed by atoms with E-state index in [1.54, 1.807) is 12.4 Å². The number of hydrogen-bond donors (Lipinski definition) is 2. The predicted octanol–water partition coefficient (Wildman–Crippen LogP) is 5.28. The number of ether oxygens (including phenoxy) is 1. The van der Waals surface area contributed by atoms with Crippen LogP contribution in [0.4, 0.5) is 10.5 Å². The van der Waals surface area contributed by atoms with Crippen LogP contribution in [0, 0.1) is 0 Å². The fraction of sp³-hybridized carbons (Fsp3) is 0.522. The molecule has 2 N–H and O–H groups in total. The van der Waals surface area contributed by atoms with Crippen molar-refractivity contribution in [3.8, 4) is 11.5 Å². The van der Waals surface area contributed by atoms with E-state index in [-0.39, 0.29) is 6.04 Å². The summed E-state index contributed by atoms with van der Waals surface area (Å²) in [6, 6.07) is 3.12. The summed E-state index contributed by atoms with van der Waals surface area (Å²) in [7, 11) is -1.15. The number of nitrogens with one attached hydrogen (secondary N) is 1. The summed E-state index contributed by atoms with van der Waals surface area (Å²) in [6.45, 7) is 9.18. The van der Waals surface area contributed by atoms with Crippen LogP contribution in [0.1, 0.15) is 12.8 Å². The molecule has 0 unspecified atom stereocenters. The molecule has 11 heteroatoms. The van der Waals surface area contributed by atoms with Gasteiger partial charge < -0.3 is 29.0 Å². The van der Waals surface area contributed by atoms with Gasteiger partial charge in [-0.15, -0.1) is 0 Å². The largest absolute Gasteiger partial charge is 0.465 e. The number of carbonyl (C=O) groups is 1. The van der Waals surface area contributed by atoms with Crippen LogP contribution in [-0.2, 0) is 11.5 Å². The molecular formula is C23H33N5O4SSi. The highest BCUT2D eigenvalue weighted by molar-refractivity contribution is 7.98. The molecule has 0 bridgehead atoms. The Morgan fingerprint density at radius 3 is 2.88 bits per heavy atom. The normalized spacial score (nSPS) is 16.8. The van der Waals surface area contributed by atoms with Crippen LogP contribution in [0.5, 0.6) is 0 Å². The Morgan fingerprint density at radius 2 is 2.18 bits per heavy atom. The van der Waals surface area contributed by atoms with Crippen molar-refractivity contribution in [2.45, 2.75) is 56.4 Å². The Hall–Kier alpha value is -2.50. The minimum absolute atomic E-state index is 0.0134. The number of pyridine rings is 1. The molecule has 1 atom stereocenters. The van der Waals surface area contributed by atoms with Gasteiger partial charge in [-0.3, -0.25) is 0 Å². The number of piperidine rings is 1. The molecule has 184 valence electrons. The number of rotatable bonds is 9. The number of amides is 1. The first-order valence-electron chi connectivity index (χ1n) is 11.6. The van der Waals surface area contributed by atoms with Crippen molar-refractivity contribution in [2.24, 2.45) is 0 Å². The monoisotopic (exact) mass is 503 g/mol. The van der Waals surface area contributed by atoms with E-state index < -0.39 is 14.2 Å². The van der Waals surface area contributed by atoms with Crippen LogP contribution < -0.4 is 5.32 Å². The average molecular weight is 504 g/mol. The van der Waals surface area contributed by atoms with Gasteiger partial charge in [-0.05, 0) is 31.2 Å². The number of oxazole rings is 1. The van der Waals surface area contributed by atoms with E-state index in [1.807, 2.05) is 23.1 Å². The van der Waals surface area contributed by atoms with Crippen LogP contribution in [0.3, 0.4) is 0 Å². The highest BCUT2D eigenvalue weighted by atomic mass is 32.2. The first-order valence-corrected chi connectivity index (χ1v) is 16.5. The van der Waals surface area contributed by atoms with Crippen molar-refractivity contribution in [1.29, 1.82) is 0 Å². The zero-order valence-corrected chi connectivity index (χ0v) is 22.0. The standard InChI is InChI=1S/C23H33N5O4SSi/c1-33-19-13-25-22(32-19)18-12-24-21-17(7-9-28(21)15-31-10-11-34(2,3)4)20(18)26-16-6-5-8-27(14-16)23(29)30/h7,9,12-13,16H,5-6,8,10-11,14-15H2,1-4H3,(H,24,26)(H,29,30)/t16-/m1/s1. The number of carboxylic acid groups (broad SMARTS) is 1. The van der Waals surface area contributed by atoms with E-state index in [1.165, 1.54) is 16.7 Å². The average Bonchev–Trinajstić information content (AvgIpc) is 3.44. The molecule has 3 aromatic heterocycles. The van der Waals surface area contributed by atoms with Crippen LogP contribution in [0.15, 0.2) is 34.2 Å². The van der Waals surface area contributed by atoms with Gasteiger partial charge >= 0.3 is 6.09 Å². The Labute approximate surface area is 204 Å². The van der Waals surface area contributed by atoms with Crippen molar-refractivity contribution < 1.29 is 19.1 Å². The quantitative estimate of drug-likeness (QED) is 0.231. The van der Waals surface area contributed by atoms with Crippen LogP contribution >= 0.6 is 11.8 Å². The van der Waals surface area contributed by atoms with Gasteiger partial charge in [0.25, 0.3) is 0 Å². The molecule has 0 saturated carbocycles. The molecule has 3 aromatic rings. The third kappa shape index (κ3) is 5.76. The molecular weight excluding hydrogens is 470 g/mol. The molecule has 1 aliphatic heterocycles. The highest BCUT2D eigenvalue weighted by Crippen LogP contribution is 2.36. The summed E-state index contributed by atoms with van der Waals surface area (Å²) in [5.74, 6) is 0.492. The molecule has 1 amide bonds. The third-order valence-corrected chi connectivity index (χ3v) is 8.27. The second-order valence-corrected chi connectivity index (χ2v) is 16.3. The van der Waals surface area contributed by atoms with Gasteiger partial charge in [-0.25, -0.2) is 14.8 Å². The molecule has 0 aliphatic carbocycles. The first kappa shape index (κ1) is 24.6. The summed E-state index contributed by atoms with van der Waals surface area (Å²) >= 11 is 1.49. The van der Waals surface area contributed by atoms with Gasteiger partial charge in [0.2, 0.25) is 5.89 Å². The van der Waals surface area contributed by atoms with Crippen LogP contribution in [0.2, 0.25) is 25.7 Å². The van der Waals surface area contributed by atoms with E-state index in [4.69, 9.17) is 14.1 Å². The zero-order valence-electron chi connectivity index (χ0n) is 20.2. The maximum atomic E-state index is 11.5. The van der Waals surface area contributed by atoms with Crippen molar-refractivity contribution >= 4 is 42.6 Å². The van der Waals surface area contributed by atoms with Gasteiger partial charge in [0.1, 0.15) is 12.4 Å². The van der Waals surface area contributed by atoms with E-state index in [2.05, 4.69) is 29.9 Å². The number of thioether (sulfide) groups is 1. The maximum Gasteiger partial charge on any atom is 0.407 e. The lowest BCUT2D eigenvalue weighted by Crippen LogP contribution is -2.44. The molecule has 1 fully saturated rings. The number of nitrogens with zero attached hydrogens (tertiary/aromatic N) is 4. The molecule has 1 aliphatic rings. The summed E-state index contributed by atoms with van der Waals surface area (Å²) < 4.78 is 13.9. The van der Waals surface area contributed by atoms with E-state index in [0.29, 0.717) is 25.7 Å². The van der Waals surface area contributed by atoms with Crippen molar-refractivity contribution in [2.75, 3.05) is 31.3 Å². The second-order valence-electron chi connectivity index (χ2n) is 9.82. The Balaban J connectivity index is 1.64. The van der Waals surface area contributed by atoms with Gasteiger partial charge in [-0.2, -0.15) is 0 Å². The van der Waals surface area contributed by atoms with Crippen molar-refractivity contribution in [3.05, 3.63) is 24.7 Å². The number of aromatic nitrogens is 3. The zero-order chi connectivity index (χ0) is 24.3. The first-order chi connectivity index (χ1) is 16.2. The SMILES string of the molecule is CSc1cnc(-c2cnc3c(ccn3COCC[Si](C)(C)C)c2N[C@@H]2CCCN(C(=O)O)C2)o1. The second kappa shape index (κ2) is 10.4. The molecule has 4 rings (SSSR count). The Morgan fingerprint density at radius 1 is 1.35 bits per heavy atom. The topological polar surface area (TPSA) is 106 Å². The van der Waals surface area contributed by atoms with Crippen molar-refractivity contribution in [1.82, 2.24) is 19.4 Å². The van der Waals surface area contributed by atoms with Gasteiger partial charge in [0.15, 0.2) is 5.09 Å². The summed E-state index contributed by atoms with van der Waals surface area (Å²) in [4.78, 5) is 22.2. The maximum absolute atomic E-state index is 11.5. The predicted molar refractivity (Wildman–Crippen MR) is 137 cm³/mol. The van der Waals surface area contributed by atoms with Crippen LogP contribution in [-0.4, -0.2) is 70.7 Å².